The second-order valence-corrected chi connectivity index (χ2v) is 8.85. The van der Waals surface area contributed by atoms with Crippen molar-refractivity contribution in [1.82, 2.24) is 9.62 Å². The maximum absolute atomic E-state index is 13.0. The van der Waals surface area contributed by atoms with E-state index in [4.69, 9.17) is 9.47 Å². The van der Waals surface area contributed by atoms with E-state index in [2.05, 4.69) is 10.2 Å². The Kier molecular flexibility index (Phi) is 6.84. The number of nitrogens with one attached hydrogen (secondary N) is 1. The summed E-state index contributed by atoms with van der Waals surface area (Å²) >= 11 is 0. The predicted octanol–water partition coefficient (Wildman–Crippen LogP) is 1.72. The third-order valence-corrected chi connectivity index (χ3v) is 6.97. The SMILES string of the molecule is CNC(=O)[C@@H](C)Oc1ccc(S(=O)(=O)N2CCN(c3ccccc3OC)CC2)cc1. The summed E-state index contributed by atoms with van der Waals surface area (Å²) < 4.78 is 38.5. The number of piperazine rings is 1. The molecular formula is C21H27N3O5S. The molecule has 30 heavy (non-hydrogen) atoms. The molecule has 0 unspecified atom stereocenters. The molecule has 9 heteroatoms. The molecule has 0 saturated carbocycles. The van der Waals surface area contributed by atoms with Crippen LogP contribution in [0.1, 0.15) is 6.92 Å². The Balaban J connectivity index is 1.66. The van der Waals surface area contributed by atoms with Crippen LogP contribution in [-0.4, -0.2) is 65.1 Å². The molecule has 0 spiro atoms. The normalized spacial score (nSPS) is 16.0. The van der Waals surface area contributed by atoms with E-state index in [1.54, 1.807) is 26.2 Å². The van der Waals surface area contributed by atoms with Crippen LogP contribution in [0.25, 0.3) is 0 Å². The van der Waals surface area contributed by atoms with Crippen molar-refractivity contribution in [2.45, 2.75) is 17.9 Å². The van der Waals surface area contributed by atoms with Crippen LogP contribution < -0.4 is 19.7 Å². The second-order valence-electron chi connectivity index (χ2n) is 6.91. The van der Waals surface area contributed by atoms with Crippen molar-refractivity contribution in [3.8, 4) is 11.5 Å². The van der Waals surface area contributed by atoms with Gasteiger partial charge in [0.2, 0.25) is 10.0 Å². The Morgan fingerprint density at radius 2 is 1.67 bits per heavy atom. The summed E-state index contributed by atoms with van der Waals surface area (Å²) in [4.78, 5) is 13.9. The first kappa shape index (κ1) is 21.9. The number of methoxy groups -OCH3 is 1. The van der Waals surface area contributed by atoms with E-state index < -0.39 is 16.1 Å². The smallest absolute Gasteiger partial charge is 0.260 e. The topological polar surface area (TPSA) is 88.2 Å². The molecular weight excluding hydrogens is 406 g/mol. The van der Waals surface area contributed by atoms with Gasteiger partial charge < -0.3 is 19.7 Å². The number of carbonyl (C=O) groups is 1. The zero-order valence-corrected chi connectivity index (χ0v) is 18.2. The number of sulfonamides is 1. The molecule has 162 valence electrons. The molecule has 0 bridgehead atoms. The highest BCUT2D eigenvalue weighted by Crippen LogP contribution is 2.29. The van der Waals surface area contributed by atoms with E-state index in [9.17, 15) is 13.2 Å². The molecule has 1 fully saturated rings. The maximum Gasteiger partial charge on any atom is 0.260 e. The molecule has 1 saturated heterocycles. The van der Waals surface area contributed by atoms with Gasteiger partial charge in [-0.1, -0.05) is 12.1 Å². The largest absolute Gasteiger partial charge is 0.495 e. The quantitative estimate of drug-likeness (QED) is 0.715. The summed E-state index contributed by atoms with van der Waals surface area (Å²) in [6.45, 7) is 3.54. The van der Waals surface area contributed by atoms with Gasteiger partial charge in [0.1, 0.15) is 11.5 Å². The van der Waals surface area contributed by atoms with E-state index in [-0.39, 0.29) is 10.8 Å². The Morgan fingerprint density at radius 3 is 2.27 bits per heavy atom. The average Bonchev–Trinajstić information content (AvgIpc) is 2.78. The lowest BCUT2D eigenvalue weighted by Crippen LogP contribution is -2.48. The summed E-state index contributed by atoms with van der Waals surface area (Å²) in [6.07, 6.45) is -0.666. The van der Waals surface area contributed by atoms with Gasteiger partial charge >= 0.3 is 0 Å². The number of hydrogen-bond acceptors (Lipinski definition) is 6. The Bertz CT molecular complexity index is 970. The first-order valence-corrected chi connectivity index (χ1v) is 11.2. The van der Waals surface area contributed by atoms with Crippen molar-refractivity contribution < 1.29 is 22.7 Å². The third-order valence-electron chi connectivity index (χ3n) is 5.05. The second kappa shape index (κ2) is 9.36. The molecule has 3 rings (SSSR count). The van der Waals surface area contributed by atoms with Crippen LogP contribution >= 0.6 is 0 Å². The minimum absolute atomic E-state index is 0.202. The lowest BCUT2D eigenvalue weighted by Gasteiger charge is -2.35. The van der Waals surface area contributed by atoms with Crippen LogP contribution in [0.15, 0.2) is 53.4 Å². The van der Waals surface area contributed by atoms with Gasteiger partial charge in [-0.3, -0.25) is 4.79 Å². The highest BCUT2D eigenvalue weighted by Gasteiger charge is 2.29. The Labute approximate surface area is 177 Å². The summed E-state index contributed by atoms with van der Waals surface area (Å²) in [6, 6.07) is 13.9. The van der Waals surface area contributed by atoms with Gasteiger partial charge in [0.15, 0.2) is 6.10 Å². The Morgan fingerprint density at radius 1 is 1.03 bits per heavy atom. The van der Waals surface area contributed by atoms with Gasteiger partial charge in [-0.15, -0.1) is 0 Å². The number of para-hydroxylation sites is 2. The molecule has 2 aromatic carbocycles. The van der Waals surface area contributed by atoms with Crippen molar-refractivity contribution >= 4 is 21.6 Å². The van der Waals surface area contributed by atoms with Crippen LogP contribution in [0.5, 0.6) is 11.5 Å². The fourth-order valence-corrected chi connectivity index (χ4v) is 4.78. The number of ether oxygens (including phenoxy) is 2. The molecule has 1 N–H and O–H groups in total. The monoisotopic (exact) mass is 433 g/mol. The van der Waals surface area contributed by atoms with E-state index in [0.29, 0.717) is 31.9 Å². The minimum atomic E-state index is -3.61. The molecule has 1 heterocycles. The van der Waals surface area contributed by atoms with Gasteiger partial charge in [0, 0.05) is 33.2 Å². The van der Waals surface area contributed by atoms with E-state index in [1.807, 2.05) is 24.3 Å². The van der Waals surface area contributed by atoms with Crippen LogP contribution in [0.4, 0.5) is 5.69 Å². The summed E-state index contributed by atoms with van der Waals surface area (Å²) in [5.74, 6) is 0.959. The Hall–Kier alpha value is -2.78. The van der Waals surface area contributed by atoms with Gasteiger partial charge in [-0.2, -0.15) is 4.31 Å². The van der Waals surface area contributed by atoms with E-state index in [0.717, 1.165) is 11.4 Å². The minimum Gasteiger partial charge on any atom is -0.495 e. The standard InChI is InChI=1S/C21H27N3O5S/c1-16(21(25)22-2)29-17-8-10-18(11-9-17)30(26,27)24-14-12-23(13-15-24)19-6-4-5-7-20(19)28-3/h4-11,16H,12-15H2,1-3H3,(H,22,25)/t16-/m1/s1. The highest BCUT2D eigenvalue weighted by molar-refractivity contribution is 7.89. The van der Waals surface area contributed by atoms with Crippen molar-refractivity contribution in [3.63, 3.8) is 0 Å². The van der Waals surface area contributed by atoms with Crippen molar-refractivity contribution in [3.05, 3.63) is 48.5 Å². The fraction of sp³-hybridized carbons (Fsp3) is 0.381. The number of carbonyl (C=O) groups excluding carboxylic acids is 1. The first-order chi connectivity index (χ1) is 14.4. The van der Waals surface area contributed by atoms with E-state index in [1.165, 1.54) is 23.5 Å². The summed E-state index contributed by atoms with van der Waals surface area (Å²) in [7, 11) is -0.448. The number of amides is 1. The summed E-state index contributed by atoms with van der Waals surface area (Å²) in [5, 5.41) is 2.51. The summed E-state index contributed by atoms with van der Waals surface area (Å²) in [5.41, 5.74) is 0.962. The molecule has 2 aromatic rings. The molecule has 1 amide bonds. The predicted molar refractivity (Wildman–Crippen MR) is 115 cm³/mol. The number of anilines is 1. The van der Waals surface area contributed by atoms with Crippen LogP contribution in [-0.2, 0) is 14.8 Å². The van der Waals surface area contributed by atoms with E-state index >= 15 is 0 Å². The third kappa shape index (κ3) is 4.68. The number of hydrogen-bond donors (Lipinski definition) is 1. The maximum atomic E-state index is 13.0. The first-order valence-electron chi connectivity index (χ1n) is 9.73. The van der Waals surface area contributed by atoms with Crippen LogP contribution in [0.2, 0.25) is 0 Å². The van der Waals surface area contributed by atoms with Gasteiger partial charge in [0.25, 0.3) is 5.91 Å². The molecule has 0 radical (unpaired) electrons. The van der Waals surface area contributed by atoms with Gasteiger partial charge in [-0.05, 0) is 43.3 Å². The molecule has 0 aliphatic carbocycles. The molecule has 8 nitrogen and oxygen atoms in total. The highest BCUT2D eigenvalue weighted by atomic mass is 32.2. The molecule has 1 aliphatic rings. The molecule has 1 atom stereocenters. The lowest BCUT2D eigenvalue weighted by molar-refractivity contribution is -0.126. The molecule has 0 aromatic heterocycles. The number of rotatable bonds is 7. The van der Waals surface area contributed by atoms with Gasteiger partial charge in [0.05, 0.1) is 17.7 Å². The zero-order chi connectivity index (χ0) is 21.7. The lowest BCUT2D eigenvalue weighted by atomic mass is 10.2. The average molecular weight is 434 g/mol. The van der Waals surface area contributed by atoms with Crippen LogP contribution in [0, 0.1) is 0 Å². The van der Waals surface area contributed by atoms with Crippen molar-refractivity contribution in [1.29, 1.82) is 0 Å². The fourth-order valence-electron chi connectivity index (χ4n) is 3.36. The number of benzene rings is 2. The van der Waals surface area contributed by atoms with Crippen molar-refractivity contribution in [2.24, 2.45) is 0 Å². The number of likely N-dealkylation sites (N-methyl/N-ethyl adjacent to an activating group) is 1. The number of nitrogens with zero attached hydrogens (tertiary/aromatic N) is 2. The zero-order valence-electron chi connectivity index (χ0n) is 17.4. The molecule has 1 aliphatic heterocycles. The van der Waals surface area contributed by atoms with Crippen LogP contribution in [0.3, 0.4) is 0 Å². The van der Waals surface area contributed by atoms with Gasteiger partial charge in [-0.25, -0.2) is 8.42 Å². The van der Waals surface area contributed by atoms with Crippen molar-refractivity contribution in [2.75, 3.05) is 45.2 Å².